The molecule has 0 bridgehead atoms. The van der Waals surface area contributed by atoms with Gasteiger partial charge in [0.2, 0.25) is 0 Å². The Balaban J connectivity index is 1.55. The highest BCUT2D eigenvalue weighted by atomic mass is 14.5. The first-order chi connectivity index (χ1) is 14.5. The van der Waals surface area contributed by atoms with E-state index in [1.807, 2.05) is 6.07 Å². The number of hydrogen-bond donors (Lipinski definition) is 1. The van der Waals surface area contributed by atoms with Gasteiger partial charge in [0.15, 0.2) is 0 Å². The second-order valence-corrected chi connectivity index (χ2v) is 8.91. The van der Waals surface area contributed by atoms with Crippen LogP contribution in [0.5, 0.6) is 0 Å². The van der Waals surface area contributed by atoms with Crippen molar-refractivity contribution in [1.82, 2.24) is 0 Å². The summed E-state index contributed by atoms with van der Waals surface area (Å²) in [6.45, 7) is 4.60. The van der Waals surface area contributed by atoms with Gasteiger partial charge in [-0.05, 0) is 79.2 Å². The Morgan fingerprint density at radius 3 is 2.00 bits per heavy atom. The molecule has 1 nitrogen and oxygen atoms in total. The Kier molecular flexibility index (Phi) is 3.44. The lowest BCUT2D eigenvalue weighted by atomic mass is 9.81. The molecule has 0 aliphatic heterocycles. The van der Waals surface area contributed by atoms with E-state index in [0.717, 1.165) is 5.69 Å². The van der Waals surface area contributed by atoms with Crippen molar-refractivity contribution >= 4 is 27.2 Å². The summed E-state index contributed by atoms with van der Waals surface area (Å²) >= 11 is 0. The van der Waals surface area contributed by atoms with E-state index in [0.29, 0.717) is 0 Å². The lowest BCUT2D eigenvalue weighted by Crippen LogP contribution is -2.15. The maximum atomic E-state index is 6.11. The number of benzene rings is 5. The van der Waals surface area contributed by atoms with E-state index in [4.69, 9.17) is 5.73 Å². The highest BCUT2D eigenvalue weighted by Gasteiger charge is 2.35. The molecule has 0 atom stereocenters. The molecular weight excluding hydrogens is 362 g/mol. The Bertz CT molecular complexity index is 1470. The Morgan fingerprint density at radius 2 is 1.17 bits per heavy atom. The number of rotatable bonds is 1. The lowest BCUT2D eigenvalue weighted by Gasteiger charge is -2.22. The standard InChI is InChI=1S/C29H23N/c1-29(2)27-16-21(11-13-24(27)25-14-12-22(30)17-28(25)29)20-10-9-19-8-7-18-5-3-4-6-23(18)26(19)15-20/h3-17H,30H2,1-2H3. The molecule has 0 saturated heterocycles. The molecule has 1 heteroatoms. The van der Waals surface area contributed by atoms with E-state index in [1.165, 1.54) is 54.9 Å². The van der Waals surface area contributed by atoms with E-state index in [9.17, 15) is 0 Å². The van der Waals surface area contributed by atoms with Crippen molar-refractivity contribution in [2.75, 3.05) is 5.73 Å². The summed E-state index contributed by atoms with van der Waals surface area (Å²) in [6.07, 6.45) is 0. The molecule has 5 aromatic carbocycles. The molecule has 1 aliphatic rings. The minimum absolute atomic E-state index is 0.0560. The van der Waals surface area contributed by atoms with Crippen LogP contribution in [0.3, 0.4) is 0 Å². The number of nitrogen functional groups attached to an aromatic ring is 1. The van der Waals surface area contributed by atoms with Crippen molar-refractivity contribution < 1.29 is 0 Å². The molecule has 0 amide bonds. The average molecular weight is 386 g/mol. The highest BCUT2D eigenvalue weighted by molar-refractivity contribution is 6.08. The SMILES string of the molecule is CC1(C)c2cc(N)ccc2-c2ccc(-c3ccc4ccc5ccccc5c4c3)cc21. The molecule has 0 spiro atoms. The molecule has 6 rings (SSSR count). The Labute approximate surface area is 176 Å². The lowest BCUT2D eigenvalue weighted by molar-refractivity contribution is 0.661. The third-order valence-electron chi connectivity index (χ3n) is 6.78. The fraction of sp³-hybridized carbons (Fsp3) is 0.103. The molecule has 30 heavy (non-hydrogen) atoms. The van der Waals surface area contributed by atoms with Gasteiger partial charge in [0, 0.05) is 11.1 Å². The van der Waals surface area contributed by atoms with Gasteiger partial charge in [-0.25, -0.2) is 0 Å². The van der Waals surface area contributed by atoms with Gasteiger partial charge in [0.25, 0.3) is 0 Å². The van der Waals surface area contributed by atoms with E-state index in [-0.39, 0.29) is 5.41 Å². The van der Waals surface area contributed by atoms with Gasteiger partial charge in [0.05, 0.1) is 0 Å². The highest BCUT2D eigenvalue weighted by Crippen LogP contribution is 2.50. The molecule has 0 radical (unpaired) electrons. The van der Waals surface area contributed by atoms with Crippen LogP contribution in [0.1, 0.15) is 25.0 Å². The summed E-state index contributed by atoms with van der Waals surface area (Å²) in [5.74, 6) is 0. The first-order valence-corrected chi connectivity index (χ1v) is 10.5. The summed E-state index contributed by atoms with van der Waals surface area (Å²) in [5.41, 5.74) is 14.7. The van der Waals surface area contributed by atoms with Gasteiger partial charge in [-0.15, -0.1) is 0 Å². The second kappa shape index (κ2) is 5.96. The number of nitrogens with two attached hydrogens (primary N) is 1. The molecule has 5 aromatic rings. The summed E-state index contributed by atoms with van der Waals surface area (Å²) in [6, 6.07) is 33.1. The molecule has 0 heterocycles. The summed E-state index contributed by atoms with van der Waals surface area (Å²) in [5, 5.41) is 5.18. The Morgan fingerprint density at radius 1 is 0.567 bits per heavy atom. The van der Waals surface area contributed by atoms with Crippen LogP contribution in [0.25, 0.3) is 43.8 Å². The van der Waals surface area contributed by atoms with Crippen molar-refractivity contribution in [1.29, 1.82) is 0 Å². The third-order valence-corrected chi connectivity index (χ3v) is 6.78. The van der Waals surface area contributed by atoms with Crippen LogP contribution in [0.15, 0.2) is 91.0 Å². The predicted molar refractivity (Wildman–Crippen MR) is 129 cm³/mol. The Hall–Kier alpha value is -3.58. The smallest absolute Gasteiger partial charge is 0.0317 e. The van der Waals surface area contributed by atoms with Crippen LogP contribution in [0.2, 0.25) is 0 Å². The largest absolute Gasteiger partial charge is 0.399 e. The van der Waals surface area contributed by atoms with Gasteiger partial charge < -0.3 is 5.73 Å². The number of fused-ring (bicyclic) bond motifs is 6. The van der Waals surface area contributed by atoms with Gasteiger partial charge in [-0.3, -0.25) is 0 Å². The normalized spacial score (nSPS) is 14.1. The second-order valence-electron chi connectivity index (χ2n) is 8.91. The maximum Gasteiger partial charge on any atom is 0.0317 e. The van der Waals surface area contributed by atoms with Gasteiger partial charge in [-0.1, -0.05) is 80.6 Å². The van der Waals surface area contributed by atoms with Crippen LogP contribution in [0.4, 0.5) is 5.69 Å². The minimum atomic E-state index is -0.0560. The fourth-order valence-corrected chi connectivity index (χ4v) is 5.12. The minimum Gasteiger partial charge on any atom is -0.399 e. The zero-order chi connectivity index (χ0) is 20.5. The van der Waals surface area contributed by atoms with Gasteiger partial charge in [-0.2, -0.15) is 0 Å². The molecule has 2 N–H and O–H groups in total. The monoisotopic (exact) mass is 385 g/mol. The zero-order valence-corrected chi connectivity index (χ0v) is 17.2. The molecule has 0 fully saturated rings. The number of hydrogen-bond acceptors (Lipinski definition) is 1. The topological polar surface area (TPSA) is 26.0 Å². The van der Waals surface area contributed by atoms with Crippen molar-refractivity contribution in [3.8, 4) is 22.3 Å². The van der Waals surface area contributed by atoms with Crippen LogP contribution in [-0.2, 0) is 5.41 Å². The maximum absolute atomic E-state index is 6.11. The summed E-state index contributed by atoms with van der Waals surface area (Å²) in [4.78, 5) is 0. The predicted octanol–water partition coefficient (Wildman–Crippen LogP) is 7.55. The molecule has 0 saturated carbocycles. The van der Waals surface area contributed by atoms with Crippen molar-refractivity contribution in [3.05, 3.63) is 102 Å². The van der Waals surface area contributed by atoms with E-state index >= 15 is 0 Å². The van der Waals surface area contributed by atoms with Crippen LogP contribution >= 0.6 is 0 Å². The first kappa shape index (κ1) is 17.3. The molecule has 0 aromatic heterocycles. The van der Waals surface area contributed by atoms with E-state index in [2.05, 4.69) is 98.8 Å². The zero-order valence-electron chi connectivity index (χ0n) is 17.2. The summed E-state index contributed by atoms with van der Waals surface area (Å²) in [7, 11) is 0. The molecule has 144 valence electrons. The summed E-state index contributed by atoms with van der Waals surface area (Å²) < 4.78 is 0. The van der Waals surface area contributed by atoms with E-state index in [1.54, 1.807) is 0 Å². The van der Waals surface area contributed by atoms with Gasteiger partial charge >= 0.3 is 0 Å². The number of anilines is 1. The van der Waals surface area contributed by atoms with Crippen molar-refractivity contribution in [2.45, 2.75) is 19.3 Å². The van der Waals surface area contributed by atoms with Crippen molar-refractivity contribution in [2.24, 2.45) is 0 Å². The third kappa shape index (κ3) is 2.35. The van der Waals surface area contributed by atoms with Crippen LogP contribution < -0.4 is 5.73 Å². The van der Waals surface area contributed by atoms with E-state index < -0.39 is 0 Å². The average Bonchev–Trinajstić information content (AvgIpc) is 2.99. The molecule has 1 aliphatic carbocycles. The van der Waals surface area contributed by atoms with Crippen LogP contribution in [0, 0.1) is 0 Å². The fourth-order valence-electron chi connectivity index (χ4n) is 5.12. The van der Waals surface area contributed by atoms with Crippen molar-refractivity contribution in [3.63, 3.8) is 0 Å². The first-order valence-electron chi connectivity index (χ1n) is 10.5. The quantitative estimate of drug-likeness (QED) is 0.234. The molecule has 0 unspecified atom stereocenters. The van der Waals surface area contributed by atoms with Gasteiger partial charge in [0.1, 0.15) is 0 Å². The molecular formula is C29H23N. The van der Waals surface area contributed by atoms with Crippen LogP contribution in [-0.4, -0.2) is 0 Å².